The summed E-state index contributed by atoms with van der Waals surface area (Å²) in [4.78, 5) is 24.9. The summed E-state index contributed by atoms with van der Waals surface area (Å²) in [6, 6.07) is 13.9. The van der Waals surface area contributed by atoms with E-state index in [0.717, 1.165) is 25.9 Å². The highest BCUT2D eigenvalue weighted by Gasteiger charge is 2.17. The number of rotatable bonds is 8. The largest absolute Gasteiger partial charge is 0.494 e. The number of anilines is 1. The number of carbonyl (C=O) groups excluding carboxylic acids is 2. The molecule has 0 unspecified atom stereocenters. The highest BCUT2D eigenvalue weighted by Crippen LogP contribution is 2.17. The van der Waals surface area contributed by atoms with Crippen molar-refractivity contribution in [3.63, 3.8) is 0 Å². The Morgan fingerprint density at radius 3 is 2.64 bits per heavy atom. The summed E-state index contributed by atoms with van der Waals surface area (Å²) < 4.78 is 11.1. The number of nitrogens with one attached hydrogen (secondary N) is 2. The van der Waals surface area contributed by atoms with E-state index < -0.39 is 0 Å². The Morgan fingerprint density at radius 1 is 1.11 bits per heavy atom. The van der Waals surface area contributed by atoms with Crippen molar-refractivity contribution in [3.8, 4) is 5.75 Å². The fourth-order valence-corrected chi connectivity index (χ4v) is 3.00. The van der Waals surface area contributed by atoms with Crippen LogP contribution >= 0.6 is 0 Å². The van der Waals surface area contributed by atoms with E-state index in [4.69, 9.17) is 9.47 Å². The lowest BCUT2D eigenvalue weighted by molar-refractivity contribution is 0.0857. The first-order valence-corrected chi connectivity index (χ1v) is 9.70. The van der Waals surface area contributed by atoms with Crippen molar-refractivity contribution in [3.05, 3.63) is 59.7 Å². The average Bonchev–Trinajstić information content (AvgIpc) is 3.24. The molecule has 1 atom stereocenters. The van der Waals surface area contributed by atoms with Gasteiger partial charge in [-0.15, -0.1) is 0 Å². The molecule has 1 aliphatic rings. The van der Waals surface area contributed by atoms with Crippen molar-refractivity contribution in [2.75, 3.05) is 25.1 Å². The topological polar surface area (TPSA) is 76.7 Å². The molecule has 0 aromatic heterocycles. The molecule has 6 nitrogen and oxygen atoms in total. The van der Waals surface area contributed by atoms with Gasteiger partial charge in [0.2, 0.25) is 0 Å². The van der Waals surface area contributed by atoms with Crippen LogP contribution in [0.15, 0.2) is 48.5 Å². The SMILES string of the molecule is CCCOc1cccc(C(=O)Nc2cccc(C(=O)NC[C@H]3CCCO3)c2)c1. The second kappa shape index (κ2) is 9.90. The summed E-state index contributed by atoms with van der Waals surface area (Å²) in [6.07, 6.45) is 3.00. The zero-order chi connectivity index (χ0) is 19.8. The Hall–Kier alpha value is -2.86. The van der Waals surface area contributed by atoms with Crippen molar-refractivity contribution in [2.24, 2.45) is 0 Å². The third kappa shape index (κ3) is 5.57. The van der Waals surface area contributed by atoms with Gasteiger partial charge in [0.25, 0.3) is 11.8 Å². The molecule has 2 amide bonds. The summed E-state index contributed by atoms with van der Waals surface area (Å²) in [5.41, 5.74) is 1.56. The third-order valence-electron chi connectivity index (χ3n) is 4.47. The number of amides is 2. The molecule has 1 aliphatic heterocycles. The quantitative estimate of drug-likeness (QED) is 0.731. The van der Waals surface area contributed by atoms with Gasteiger partial charge in [-0.25, -0.2) is 0 Å². The van der Waals surface area contributed by atoms with E-state index in [2.05, 4.69) is 10.6 Å². The van der Waals surface area contributed by atoms with Crippen molar-refractivity contribution in [1.29, 1.82) is 0 Å². The Balaban J connectivity index is 1.60. The predicted octanol–water partition coefficient (Wildman–Crippen LogP) is 3.64. The second-order valence-electron chi connectivity index (χ2n) is 6.76. The summed E-state index contributed by atoms with van der Waals surface area (Å²) in [7, 11) is 0. The van der Waals surface area contributed by atoms with Gasteiger partial charge in [-0.3, -0.25) is 9.59 Å². The van der Waals surface area contributed by atoms with Crippen molar-refractivity contribution in [2.45, 2.75) is 32.3 Å². The second-order valence-corrected chi connectivity index (χ2v) is 6.76. The van der Waals surface area contributed by atoms with Crippen molar-refractivity contribution >= 4 is 17.5 Å². The molecule has 0 bridgehead atoms. The smallest absolute Gasteiger partial charge is 0.255 e. The van der Waals surface area contributed by atoms with Crippen LogP contribution in [0.2, 0.25) is 0 Å². The van der Waals surface area contributed by atoms with Gasteiger partial charge in [-0.1, -0.05) is 19.1 Å². The molecule has 3 rings (SSSR count). The first kappa shape index (κ1) is 19.9. The minimum atomic E-state index is -0.251. The fraction of sp³-hybridized carbons (Fsp3) is 0.364. The average molecular weight is 382 g/mol. The van der Waals surface area contributed by atoms with Crippen LogP contribution in [0.25, 0.3) is 0 Å². The zero-order valence-corrected chi connectivity index (χ0v) is 16.1. The zero-order valence-electron chi connectivity index (χ0n) is 16.1. The van der Waals surface area contributed by atoms with Gasteiger partial charge in [-0.2, -0.15) is 0 Å². The van der Waals surface area contributed by atoms with Crippen molar-refractivity contribution in [1.82, 2.24) is 5.32 Å². The van der Waals surface area contributed by atoms with E-state index >= 15 is 0 Å². The van der Waals surface area contributed by atoms with E-state index in [9.17, 15) is 9.59 Å². The number of ether oxygens (including phenoxy) is 2. The van der Waals surface area contributed by atoms with Gasteiger partial charge >= 0.3 is 0 Å². The van der Waals surface area contributed by atoms with Gasteiger partial charge in [0.05, 0.1) is 12.7 Å². The van der Waals surface area contributed by atoms with Gasteiger partial charge in [0.1, 0.15) is 5.75 Å². The predicted molar refractivity (Wildman–Crippen MR) is 108 cm³/mol. The van der Waals surface area contributed by atoms with Crippen LogP contribution < -0.4 is 15.4 Å². The van der Waals surface area contributed by atoms with Crippen molar-refractivity contribution < 1.29 is 19.1 Å². The number of hydrogen-bond donors (Lipinski definition) is 2. The first-order valence-electron chi connectivity index (χ1n) is 9.70. The maximum Gasteiger partial charge on any atom is 0.255 e. The lowest BCUT2D eigenvalue weighted by Gasteiger charge is -2.12. The van der Waals surface area contributed by atoms with Crippen LogP contribution in [-0.4, -0.2) is 37.7 Å². The molecular formula is C22H26N2O4. The van der Waals surface area contributed by atoms with E-state index in [1.807, 2.05) is 13.0 Å². The number of carbonyl (C=O) groups is 2. The molecular weight excluding hydrogens is 356 g/mol. The van der Waals surface area contributed by atoms with E-state index in [-0.39, 0.29) is 17.9 Å². The summed E-state index contributed by atoms with van der Waals surface area (Å²) in [6.45, 7) is 3.89. The third-order valence-corrected chi connectivity index (χ3v) is 4.47. The molecule has 1 heterocycles. The molecule has 0 aliphatic carbocycles. The van der Waals surface area contributed by atoms with Crippen LogP contribution in [0.3, 0.4) is 0 Å². The monoisotopic (exact) mass is 382 g/mol. The Bertz CT molecular complexity index is 816. The lowest BCUT2D eigenvalue weighted by Crippen LogP contribution is -2.31. The highest BCUT2D eigenvalue weighted by molar-refractivity contribution is 6.05. The minimum absolute atomic E-state index is 0.0917. The van der Waals surface area contributed by atoms with Crippen LogP contribution in [0.4, 0.5) is 5.69 Å². The molecule has 6 heteroatoms. The standard InChI is InChI=1S/C22H26N2O4/c1-2-11-27-19-9-4-7-17(14-19)22(26)24-18-8-3-6-16(13-18)21(25)23-15-20-10-5-12-28-20/h3-4,6-9,13-14,20H,2,5,10-12,15H2,1H3,(H,23,25)(H,24,26)/t20-/m1/s1. The van der Waals surface area contributed by atoms with Crippen LogP contribution in [0.1, 0.15) is 46.9 Å². The van der Waals surface area contributed by atoms with E-state index in [0.29, 0.717) is 35.7 Å². The molecule has 0 spiro atoms. The maximum atomic E-state index is 12.5. The molecule has 2 aromatic rings. The van der Waals surface area contributed by atoms with Gasteiger partial charge in [0, 0.05) is 30.0 Å². The summed E-state index contributed by atoms with van der Waals surface area (Å²) in [5.74, 6) is 0.234. The Morgan fingerprint density at radius 2 is 1.89 bits per heavy atom. The maximum absolute atomic E-state index is 12.5. The van der Waals surface area contributed by atoms with E-state index in [1.165, 1.54) is 0 Å². The van der Waals surface area contributed by atoms with Gasteiger partial charge in [-0.05, 0) is 55.7 Å². The summed E-state index contributed by atoms with van der Waals surface area (Å²) in [5, 5.41) is 5.72. The molecule has 0 radical (unpaired) electrons. The molecule has 2 N–H and O–H groups in total. The van der Waals surface area contributed by atoms with Crippen LogP contribution in [-0.2, 0) is 4.74 Å². The van der Waals surface area contributed by atoms with Gasteiger partial charge in [0.15, 0.2) is 0 Å². The molecule has 1 fully saturated rings. The molecule has 1 saturated heterocycles. The minimum Gasteiger partial charge on any atom is -0.494 e. The molecule has 28 heavy (non-hydrogen) atoms. The Labute approximate surface area is 165 Å². The summed E-state index contributed by atoms with van der Waals surface area (Å²) >= 11 is 0. The number of benzene rings is 2. The van der Waals surface area contributed by atoms with Crippen LogP contribution in [0, 0.1) is 0 Å². The highest BCUT2D eigenvalue weighted by atomic mass is 16.5. The van der Waals surface area contributed by atoms with Crippen LogP contribution in [0.5, 0.6) is 5.75 Å². The lowest BCUT2D eigenvalue weighted by atomic mass is 10.1. The molecule has 148 valence electrons. The fourth-order valence-electron chi connectivity index (χ4n) is 3.00. The normalized spacial score (nSPS) is 15.8. The van der Waals surface area contributed by atoms with Gasteiger partial charge < -0.3 is 20.1 Å². The van der Waals surface area contributed by atoms with E-state index in [1.54, 1.807) is 42.5 Å². The molecule has 0 saturated carbocycles. The first-order chi connectivity index (χ1) is 13.7. The molecule has 2 aromatic carbocycles. The number of hydrogen-bond acceptors (Lipinski definition) is 4. The Kier molecular flexibility index (Phi) is 7.03.